The minimum atomic E-state index is -1.55. The lowest BCUT2D eigenvalue weighted by Crippen LogP contribution is -2.60. The summed E-state index contributed by atoms with van der Waals surface area (Å²) in [6, 6.07) is -0.711. The van der Waals surface area contributed by atoms with Gasteiger partial charge in [0, 0.05) is 6.42 Å². The molecule has 330 valence electrons. The molecule has 1 saturated heterocycles. The summed E-state index contributed by atoms with van der Waals surface area (Å²) in [5, 5.41) is 53.7. The highest BCUT2D eigenvalue weighted by molar-refractivity contribution is 5.76. The first kappa shape index (κ1) is 52.7. The van der Waals surface area contributed by atoms with Crippen LogP contribution >= 0.6 is 0 Å². The molecule has 0 aromatic heterocycles. The molecule has 1 rings (SSSR count). The molecule has 1 amide bonds. The second-order valence-electron chi connectivity index (χ2n) is 16.6. The van der Waals surface area contributed by atoms with Crippen molar-refractivity contribution < 1.29 is 39.8 Å². The first-order valence-corrected chi connectivity index (χ1v) is 23.5. The molecule has 1 heterocycles. The second-order valence-corrected chi connectivity index (χ2v) is 16.6. The Hall–Kier alpha value is -1.33. The van der Waals surface area contributed by atoms with Crippen molar-refractivity contribution in [2.75, 3.05) is 13.2 Å². The van der Waals surface area contributed by atoms with Crippen molar-refractivity contribution >= 4 is 5.91 Å². The summed E-state index contributed by atoms with van der Waals surface area (Å²) in [6.45, 7) is 3.70. The van der Waals surface area contributed by atoms with Gasteiger partial charge in [0.2, 0.25) is 5.91 Å². The van der Waals surface area contributed by atoms with Gasteiger partial charge < -0.3 is 40.3 Å². The van der Waals surface area contributed by atoms with Crippen molar-refractivity contribution in [3.63, 3.8) is 0 Å². The molecule has 9 nitrogen and oxygen atoms in total. The maximum Gasteiger partial charge on any atom is 0.220 e. The van der Waals surface area contributed by atoms with Crippen LogP contribution in [0, 0.1) is 0 Å². The number of carbonyl (C=O) groups is 1. The number of amides is 1. The van der Waals surface area contributed by atoms with Gasteiger partial charge >= 0.3 is 0 Å². The van der Waals surface area contributed by atoms with Gasteiger partial charge in [0.25, 0.3) is 0 Å². The number of rotatable bonds is 39. The van der Waals surface area contributed by atoms with Gasteiger partial charge in [-0.3, -0.25) is 4.79 Å². The standard InChI is InChI=1S/C47H89NO8/c1-3-5-7-9-10-11-12-13-14-15-16-17-18-19-20-21-22-23-24-25-26-27-28-29-30-31-32-33-35-37-43(51)48-40(41(50)36-34-8-6-4-2)39-55-47-46(54)45(53)44(52)42(38-49)56-47/h12-13,15-16,40-42,44-47,49-50,52-54H,3-11,14,17-39H2,1-2H3,(H,48,51)/b13-12-,16-15-. The molecule has 1 aliphatic rings. The predicted molar refractivity (Wildman–Crippen MR) is 230 cm³/mol. The van der Waals surface area contributed by atoms with Gasteiger partial charge in [-0.15, -0.1) is 0 Å². The molecule has 0 aromatic rings. The molecule has 9 heteroatoms. The zero-order valence-electron chi connectivity index (χ0n) is 36.1. The molecular weight excluding hydrogens is 707 g/mol. The molecule has 7 unspecified atom stereocenters. The number of aliphatic hydroxyl groups excluding tert-OH is 5. The van der Waals surface area contributed by atoms with Crippen molar-refractivity contribution in [2.24, 2.45) is 0 Å². The SMILES string of the molecule is CCCCCCC/C=C\C/C=C\CCCCCCCCCCCCCCCCCCCC(=O)NC(COC1OC(CO)C(O)C(O)C1O)C(O)CCCCCC. The number of carbonyl (C=O) groups excluding carboxylic acids is 1. The molecule has 0 aromatic carbocycles. The van der Waals surface area contributed by atoms with Crippen LogP contribution in [0.5, 0.6) is 0 Å². The van der Waals surface area contributed by atoms with E-state index in [9.17, 15) is 30.3 Å². The average Bonchev–Trinajstić information content (AvgIpc) is 3.20. The Balaban J connectivity index is 2.03. The molecule has 7 atom stereocenters. The van der Waals surface area contributed by atoms with E-state index in [2.05, 4.69) is 43.5 Å². The maximum absolute atomic E-state index is 12.8. The van der Waals surface area contributed by atoms with Crippen LogP contribution in [0.15, 0.2) is 24.3 Å². The highest BCUT2D eigenvalue weighted by Crippen LogP contribution is 2.23. The number of aliphatic hydroxyl groups is 5. The van der Waals surface area contributed by atoms with E-state index < -0.39 is 49.5 Å². The molecule has 1 fully saturated rings. The van der Waals surface area contributed by atoms with Gasteiger partial charge in [0.15, 0.2) is 6.29 Å². The lowest BCUT2D eigenvalue weighted by Gasteiger charge is -2.40. The van der Waals surface area contributed by atoms with E-state index in [1.807, 2.05) is 0 Å². The van der Waals surface area contributed by atoms with Gasteiger partial charge in [-0.2, -0.15) is 0 Å². The summed E-state index contributed by atoms with van der Waals surface area (Å²) in [4.78, 5) is 12.8. The van der Waals surface area contributed by atoms with E-state index in [4.69, 9.17) is 9.47 Å². The molecule has 0 aliphatic carbocycles. The quantitative estimate of drug-likeness (QED) is 0.0266. The van der Waals surface area contributed by atoms with Gasteiger partial charge in [-0.25, -0.2) is 0 Å². The lowest BCUT2D eigenvalue weighted by molar-refractivity contribution is -0.302. The van der Waals surface area contributed by atoms with E-state index in [1.54, 1.807) is 0 Å². The fraction of sp³-hybridized carbons (Fsp3) is 0.894. The molecule has 6 N–H and O–H groups in total. The summed E-state index contributed by atoms with van der Waals surface area (Å²) < 4.78 is 11.1. The fourth-order valence-corrected chi connectivity index (χ4v) is 7.48. The number of allylic oxidation sites excluding steroid dienone is 4. The van der Waals surface area contributed by atoms with E-state index >= 15 is 0 Å². The van der Waals surface area contributed by atoms with Crippen molar-refractivity contribution in [3.05, 3.63) is 24.3 Å². The minimum absolute atomic E-state index is 0.139. The van der Waals surface area contributed by atoms with Crippen LogP contribution in [0.2, 0.25) is 0 Å². The summed E-state index contributed by atoms with van der Waals surface area (Å²) in [6.07, 6.45) is 38.5. The van der Waals surface area contributed by atoms with Crippen molar-refractivity contribution in [1.29, 1.82) is 0 Å². The Morgan fingerprint density at radius 1 is 0.607 bits per heavy atom. The van der Waals surface area contributed by atoms with E-state index in [-0.39, 0.29) is 12.5 Å². The summed E-state index contributed by atoms with van der Waals surface area (Å²) in [5.74, 6) is -0.152. The third kappa shape index (κ3) is 28.2. The van der Waals surface area contributed by atoms with E-state index in [0.717, 1.165) is 51.4 Å². The summed E-state index contributed by atoms with van der Waals surface area (Å²) in [5.41, 5.74) is 0. The van der Waals surface area contributed by atoms with Crippen LogP contribution in [0.3, 0.4) is 0 Å². The van der Waals surface area contributed by atoms with Crippen LogP contribution in [0.4, 0.5) is 0 Å². The highest BCUT2D eigenvalue weighted by Gasteiger charge is 2.44. The van der Waals surface area contributed by atoms with Crippen molar-refractivity contribution in [2.45, 2.75) is 256 Å². The number of unbranched alkanes of at least 4 members (excludes halogenated alkanes) is 25. The first-order valence-electron chi connectivity index (χ1n) is 23.5. The molecule has 56 heavy (non-hydrogen) atoms. The lowest BCUT2D eigenvalue weighted by atomic mass is 9.99. The Bertz CT molecular complexity index is 930. The summed E-state index contributed by atoms with van der Waals surface area (Å²) in [7, 11) is 0. The number of ether oxygens (including phenoxy) is 2. The zero-order chi connectivity index (χ0) is 40.9. The second kappa shape index (κ2) is 37.9. The Morgan fingerprint density at radius 3 is 1.54 bits per heavy atom. The number of hydrogen-bond donors (Lipinski definition) is 6. The van der Waals surface area contributed by atoms with Crippen LogP contribution in [-0.4, -0.2) is 87.5 Å². The van der Waals surface area contributed by atoms with Crippen LogP contribution in [0.25, 0.3) is 0 Å². The van der Waals surface area contributed by atoms with Gasteiger partial charge in [-0.1, -0.05) is 186 Å². The largest absolute Gasteiger partial charge is 0.394 e. The van der Waals surface area contributed by atoms with Crippen LogP contribution in [0.1, 0.15) is 213 Å². The Labute approximate surface area is 343 Å². The Kier molecular flexibility index (Phi) is 35.7. The monoisotopic (exact) mass is 796 g/mol. The van der Waals surface area contributed by atoms with Gasteiger partial charge in [0.05, 0.1) is 25.4 Å². The van der Waals surface area contributed by atoms with Crippen LogP contribution < -0.4 is 5.32 Å². The third-order valence-corrected chi connectivity index (χ3v) is 11.3. The normalized spacial score (nSPS) is 21.3. The van der Waals surface area contributed by atoms with E-state index in [0.29, 0.717) is 12.8 Å². The maximum atomic E-state index is 12.8. The molecule has 0 spiro atoms. The topological polar surface area (TPSA) is 149 Å². The van der Waals surface area contributed by atoms with E-state index in [1.165, 1.54) is 135 Å². The third-order valence-electron chi connectivity index (χ3n) is 11.3. The summed E-state index contributed by atoms with van der Waals surface area (Å²) >= 11 is 0. The predicted octanol–water partition coefficient (Wildman–Crippen LogP) is 9.89. The fourth-order valence-electron chi connectivity index (χ4n) is 7.48. The van der Waals surface area contributed by atoms with Crippen molar-refractivity contribution in [3.8, 4) is 0 Å². The zero-order valence-corrected chi connectivity index (χ0v) is 36.1. The van der Waals surface area contributed by atoms with Crippen molar-refractivity contribution in [1.82, 2.24) is 5.32 Å². The Morgan fingerprint density at radius 2 is 1.05 bits per heavy atom. The molecule has 0 radical (unpaired) electrons. The molecule has 0 saturated carbocycles. The average molecular weight is 796 g/mol. The molecular formula is C47H89NO8. The molecule has 1 aliphatic heterocycles. The van der Waals surface area contributed by atoms with Gasteiger partial charge in [0.1, 0.15) is 24.4 Å². The molecule has 0 bridgehead atoms. The minimum Gasteiger partial charge on any atom is -0.394 e. The highest BCUT2D eigenvalue weighted by atomic mass is 16.7. The van der Waals surface area contributed by atoms with Crippen LogP contribution in [-0.2, 0) is 14.3 Å². The van der Waals surface area contributed by atoms with Gasteiger partial charge in [-0.05, 0) is 44.9 Å². The number of nitrogens with one attached hydrogen (secondary N) is 1. The smallest absolute Gasteiger partial charge is 0.220 e. The first-order chi connectivity index (χ1) is 27.3. The number of hydrogen-bond acceptors (Lipinski definition) is 8.